The number of ether oxygens (including phenoxy) is 3. The Balaban J connectivity index is 1.72. The number of fused-ring (bicyclic) bond motifs is 1. The third kappa shape index (κ3) is 5.23. The Kier molecular flexibility index (Phi) is 7.17. The lowest BCUT2D eigenvalue weighted by Crippen LogP contribution is -2.47. The molecule has 3 rings (SSSR count). The van der Waals surface area contributed by atoms with E-state index in [1.54, 1.807) is 18.9 Å². The second kappa shape index (κ2) is 10.0. The van der Waals surface area contributed by atoms with Crippen LogP contribution in [0.5, 0.6) is 17.2 Å². The lowest BCUT2D eigenvalue weighted by atomic mass is 10.1. The summed E-state index contributed by atoms with van der Waals surface area (Å²) in [6.45, 7) is 4.68. The molecule has 160 valence electrons. The summed E-state index contributed by atoms with van der Waals surface area (Å²) in [5.74, 6) is 1.87. The van der Waals surface area contributed by atoms with E-state index in [4.69, 9.17) is 14.2 Å². The minimum atomic E-state index is -0.583. The molecule has 30 heavy (non-hydrogen) atoms. The smallest absolute Gasteiger partial charge is 0.242 e. The number of likely N-dealkylation sites (N-methyl/N-ethyl adjacent to an activating group) is 1. The summed E-state index contributed by atoms with van der Waals surface area (Å²) in [7, 11) is 1.60. The fraction of sp³-hybridized carbons (Fsp3) is 0.391. The lowest BCUT2D eigenvalue weighted by molar-refractivity contribution is -0.140. The van der Waals surface area contributed by atoms with Crippen LogP contribution in [0.2, 0.25) is 0 Å². The molecule has 0 fully saturated rings. The van der Waals surface area contributed by atoms with Crippen molar-refractivity contribution in [2.75, 3.05) is 20.4 Å². The van der Waals surface area contributed by atoms with E-state index in [1.807, 2.05) is 49.4 Å². The molecule has 0 radical (unpaired) electrons. The molecule has 7 heteroatoms. The molecule has 0 saturated heterocycles. The second-order valence-corrected chi connectivity index (χ2v) is 7.13. The van der Waals surface area contributed by atoms with Crippen LogP contribution in [0.3, 0.4) is 0 Å². The van der Waals surface area contributed by atoms with Crippen LogP contribution in [-0.4, -0.2) is 43.2 Å². The summed E-state index contributed by atoms with van der Waals surface area (Å²) < 4.78 is 16.0. The summed E-state index contributed by atoms with van der Waals surface area (Å²) >= 11 is 0. The standard InChI is InChI=1S/C23H28N2O5/c1-4-24-23(27)16(2)25(14-18-6-5-7-19(12-18)28-3)22(26)11-9-17-8-10-20-21(13-17)30-15-29-20/h5-8,10,12-13,16H,4,9,11,14-15H2,1-3H3,(H,24,27). The molecule has 0 aromatic heterocycles. The topological polar surface area (TPSA) is 77.1 Å². The number of nitrogens with one attached hydrogen (secondary N) is 1. The number of hydrogen-bond acceptors (Lipinski definition) is 5. The summed E-state index contributed by atoms with van der Waals surface area (Å²) in [5.41, 5.74) is 1.89. The van der Waals surface area contributed by atoms with Gasteiger partial charge in [-0.15, -0.1) is 0 Å². The summed E-state index contributed by atoms with van der Waals surface area (Å²) in [5, 5.41) is 2.80. The van der Waals surface area contributed by atoms with Crippen LogP contribution < -0.4 is 19.5 Å². The van der Waals surface area contributed by atoms with E-state index in [-0.39, 0.29) is 25.0 Å². The molecule has 1 aliphatic heterocycles. The van der Waals surface area contributed by atoms with Crippen molar-refractivity contribution >= 4 is 11.8 Å². The normalized spacial score (nSPS) is 12.9. The largest absolute Gasteiger partial charge is 0.497 e. The summed E-state index contributed by atoms with van der Waals surface area (Å²) in [4.78, 5) is 27.2. The first-order valence-corrected chi connectivity index (χ1v) is 10.1. The Morgan fingerprint density at radius 1 is 1.13 bits per heavy atom. The van der Waals surface area contributed by atoms with Crippen molar-refractivity contribution < 1.29 is 23.8 Å². The van der Waals surface area contributed by atoms with Gasteiger partial charge in [0.1, 0.15) is 11.8 Å². The molecule has 0 bridgehead atoms. The molecular formula is C23H28N2O5. The van der Waals surface area contributed by atoms with Crippen molar-refractivity contribution in [3.05, 3.63) is 53.6 Å². The molecule has 2 amide bonds. The average Bonchev–Trinajstić information content (AvgIpc) is 3.23. The number of methoxy groups -OCH3 is 1. The third-order valence-corrected chi connectivity index (χ3v) is 5.07. The fourth-order valence-corrected chi connectivity index (χ4v) is 3.36. The lowest BCUT2D eigenvalue weighted by Gasteiger charge is -2.29. The molecular weight excluding hydrogens is 384 g/mol. The maximum Gasteiger partial charge on any atom is 0.242 e. The minimum absolute atomic E-state index is 0.0887. The monoisotopic (exact) mass is 412 g/mol. The molecule has 7 nitrogen and oxygen atoms in total. The van der Waals surface area contributed by atoms with Gasteiger partial charge in [0.25, 0.3) is 0 Å². The predicted octanol–water partition coefficient (Wildman–Crippen LogP) is 2.91. The van der Waals surface area contributed by atoms with Crippen molar-refractivity contribution in [3.63, 3.8) is 0 Å². The maximum atomic E-state index is 13.1. The maximum absolute atomic E-state index is 13.1. The number of carbonyl (C=O) groups is 2. The van der Waals surface area contributed by atoms with Crippen LogP contribution in [0.4, 0.5) is 0 Å². The van der Waals surface area contributed by atoms with E-state index in [2.05, 4.69) is 5.32 Å². The van der Waals surface area contributed by atoms with Gasteiger partial charge in [-0.3, -0.25) is 9.59 Å². The Bertz CT molecular complexity index is 899. The van der Waals surface area contributed by atoms with Gasteiger partial charge in [-0.05, 0) is 55.7 Å². The van der Waals surface area contributed by atoms with Crippen LogP contribution in [0.25, 0.3) is 0 Å². The highest BCUT2D eigenvalue weighted by atomic mass is 16.7. The van der Waals surface area contributed by atoms with Crippen LogP contribution in [0, 0.1) is 0 Å². The number of rotatable bonds is 9. The van der Waals surface area contributed by atoms with Crippen molar-refractivity contribution in [1.82, 2.24) is 10.2 Å². The van der Waals surface area contributed by atoms with Gasteiger partial charge in [-0.1, -0.05) is 18.2 Å². The van der Waals surface area contributed by atoms with Crippen molar-refractivity contribution in [1.29, 1.82) is 0 Å². The zero-order valence-corrected chi connectivity index (χ0v) is 17.6. The van der Waals surface area contributed by atoms with Crippen molar-refractivity contribution in [2.45, 2.75) is 39.3 Å². The Morgan fingerprint density at radius 3 is 2.70 bits per heavy atom. The van der Waals surface area contributed by atoms with E-state index < -0.39 is 6.04 Å². The molecule has 1 N–H and O–H groups in total. The van der Waals surface area contributed by atoms with Crippen LogP contribution in [0.15, 0.2) is 42.5 Å². The third-order valence-electron chi connectivity index (χ3n) is 5.07. The van der Waals surface area contributed by atoms with Gasteiger partial charge in [-0.2, -0.15) is 0 Å². The first-order chi connectivity index (χ1) is 14.5. The highest BCUT2D eigenvalue weighted by Gasteiger charge is 2.26. The molecule has 0 aliphatic carbocycles. The van der Waals surface area contributed by atoms with E-state index in [9.17, 15) is 9.59 Å². The van der Waals surface area contributed by atoms with E-state index in [0.717, 1.165) is 16.9 Å². The Morgan fingerprint density at radius 2 is 1.93 bits per heavy atom. The molecule has 2 aromatic carbocycles. The number of aryl methyl sites for hydroxylation is 1. The van der Waals surface area contributed by atoms with Crippen LogP contribution in [-0.2, 0) is 22.6 Å². The molecule has 0 spiro atoms. The highest BCUT2D eigenvalue weighted by Crippen LogP contribution is 2.32. The second-order valence-electron chi connectivity index (χ2n) is 7.13. The first kappa shape index (κ1) is 21.5. The van der Waals surface area contributed by atoms with E-state index >= 15 is 0 Å². The molecule has 0 saturated carbocycles. The zero-order valence-electron chi connectivity index (χ0n) is 17.6. The molecule has 2 aromatic rings. The van der Waals surface area contributed by atoms with Gasteiger partial charge < -0.3 is 24.4 Å². The number of nitrogens with zero attached hydrogens (tertiary/aromatic N) is 1. The van der Waals surface area contributed by atoms with Crippen molar-refractivity contribution in [3.8, 4) is 17.2 Å². The van der Waals surface area contributed by atoms with Gasteiger partial charge in [0.2, 0.25) is 18.6 Å². The molecule has 1 atom stereocenters. The zero-order chi connectivity index (χ0) is 21.5. The van der Waals surface area contributed by atoms with Gasteiger partial charge in [0, 0.05) is 19.5 Å². The minimum Gasteiger partial charge on any atom is -0.497 e. The summed E-state index contributed by atoms with van der Waals surface area (Å²) in [6, 6.07) is 12.6. The Labute approximate surface area is 176 Å². The molecule has 1 unspecified atom stereocenters. The van der Waals surface area contributed by atoms with Crippen molar-refractivity contribution in [2.24, 2.45) is 0 Å². The average molecular weight is 412 g/mol. The summed E-state index contributed by atoms with van der Waals surface area (Å²) in [6.07, 6.45) is 0.833. The highest BCUT2D eigenvalue weighted by molar-refractivity contribution is 5.87. The number of amides is 2. The van der Waals surface area contributed by atoms with E-state index in [0.29, 0.717) is 31.0 Å². The van der Waals surface area contributed by atoms with Crippen LogP contribution >= 0.6 is 0 Å². The Hall–Kier alpha value is -3.22. The van der Waals surface area contributed by atoms with Gasteiger partial charge in [-0.25, -0.2) is 0 Å². The predicted molar refractivity (Wildman–Crippen MR) is 113 cm³/mol. The van der Waals surface area contributed by atoms with Gasteiger partial charge in [0.15, 0.2) is 11.5 Å². The first-order valence-electron chi connectivity index (χ1n) is 10.1. The SMILES string of the molecule is CCNC(=O)C(C)N(Cc1cccc(OC)c1)C(=O)CCc1ccc2c(c1)OCO2. The molecule has 1 aliphatic rings. The van der Waals surface area contributed by atoms with Crippen LogP contribution in [0.1, 0.15) is 31.4 Å². The molecule has 1 heterocycles. The fourth-order valence-electron chi connectivity index (χ4n) is 3.36. The van der Waals surface area contributed by atoms with Gasteiger partial charge in [0.05, 0.1) is 7.11 Å². The quantitative estimate of drug-likeness (QED) is 0.685. The number of hydrogen-bond donors (Lipinski definition) is 1. The van der Waals surface area contributed by atoms with E-state index in [1.165, 1.54) is 0 Å². The number of carbonyl (C=O) groups excluding carboxylic acids is 2. The number of benzene rings is 2. The van der Waals surface area contributed by atoms with Gasteiger partial charge >= 0.3 is 0 Å².